The minimum absolute atomic E-state index is 0.202. The second-order valence-corrected chi connectivity index (χ2v) is 18.8. The Morgan fingerprint density at radius 2 is 0.639 bits per heavy atom. The van der Waals surface area contributed by atoms with Crippen LogP contribution in [0.2, 0.25) is 0 Å². The smallest absolute Gasteiger partial charge is 0.132 e. The van der Waals surface area contributed by atoms with Gasteiger partial charge in [0.1, 0.15) is 23.0 Å². The van der Waals surface area contributed by atoms with Crippen LogP contribution in [-0.4, -0.2) is 0 Å². The van der Waals surface area contributed by atoms with Gasteiger partial charge in [0.15, 0.2) is 0 Å². The number of rotatable bonds is 3. The van der Waals surface area contributed by atoms with E-state index >= 15 is 0 Å². The Morgan fingerprint density at radius 1 is 0.279 bits per heavy atom. The van der Waals surface area contributed by atoms with Crippen LogP contribution in [0, 0.1) is 0 Å². The predicted octanol–water partition coefficient (Wildman–Crippen LogP) is 16.2. The Kier molecular flexibility index (Phi) is 7.41. The van der Waals surface area contributed by atoms with Crippen LogP contribution in [0.1, 0.15) is 74.9 Å². The lowest BCUT2D eigenvalue weighted by molar-refractivity contribution is 0.418. The number of fused-ring (bicyclic) bond motifs is 9. The van der Waals surface area contributed by atoms with E-state index in [-0.39, 0.29) is 16.2 Å². The van der Waals surface area contributed by atoms with Crippen LogP contribution in [0.15, 0.2) is 170 Å². The summed E-state index contributed by atoms with van der Waals surface area (Å²) in [5.41, 5.74) is 16.8. The van der Waals surface area contributed by atoms with Crippen molar-refractivity contribution in [3.05, 3.63) is 203 Å². The van der Waals surface area contributed by atoms with Gasteiger partial charge in [0, 0.05) is 38.5 Å². The molecule has 0 atom stereocenters. The SMILES string of the molecule is CC1(C)c2ccccc2Oc2cccc(-c3cccc4c(-c5cccc6c5C(C)(C)c5ccccc5-6)c5cccc(-c6cccc7c6C(C)(C)c6ccccc6O7)c5cc34)c21. The molecule has 0 spiro atoms. The van der Waals surface area contributed by atoms with Crippen molar-refractivity contribution in [3.63, 3.8) is 0 Å². The highest BCUT2D eigenvalue weighted by molar-refractivity contribution is 6.20. The van der Waals surface area contributed by atoms with Crippen molar-refractivity contribution in [1.82, 2.24) is 0 Å². The largest absolute Gasteiger partial charge is 0.457 e. The van der Waals surface area contributed by atoms with Crippen molar-refractivity contribution >= 4 is 21.5 Å². The molecule has 9 aromatic rings. The van der Waals surface area contributed by atoms with Crippen molar-refractivity contribution < 1.29 is 9.47 Å². The molecule has 0 bridgehead atoms. The van der Waals surface area contributed by atoms with Gasteiger partial charge in [-0.2, -0.15) is 0 Å². The minimum atomic E-state index is -0.297. The predicted molar refractivity (Wildman–Crippen MR) is 253 cm³/mol. The number of para-hydroxylation sites is 2. The zero-order valence-electron chi connectivity index (χ0n) is 35.5. The maximum atomic E-state index is 6.72. The summed E-state index contributed by atoms with van der Waals surface area (Å²) < 4.78 is 13.4. The highest BCUT2D eigenvalue weighted by Gasteiger charge is 2.40. The Morgan fingerprint density at radius 3 is 1.18 bits per heavy atom. The van der Waals surface area contributed by atoms with E-state index in [1.807, 2.05) is 0 Å². The second-order valence-electron chi connectivity index (χ2n) is 18.8. The summed E-state index contributed by atoms with van der Waals surface area (Å²) in [6, 6.07) is 62.4. The molecule has 0 fully saturated rings. The van der Waals surface area contributed by atoms with Crippen LogP contribution in [-0.2, 0) is 16.2 Å². The molecular weight excluding hydrogens is 741 g/mol. The molecule has 0 N–H and O–H groups in total. The van der Waals surface area contributed by atoms with E-state index in [4.69, 9.17) is 9.47 Å². The van der Waals surface area contributed by atoms with Crippen LogP contribution < -0.4 is 9.47 Å². The summed E-state index contributed by atoms with van der Waals surface area (Å²) in [6.07, 6.45) is 0. The first-order valence-electron chi connectivity index (χ1n) is 21.6. The fourth-order valence-corrected chi connectivity index (χ4v) is 11.6. The van der Waals surface area contributed by atoms with Gasteiger partial charge in [-0.15, -0.1) is 0 Å². The third kappa shape index (κ3) is 4.91. The Labute approximate surface area is 358 Å². The topological polar surface area (TPSA) is 18.5 Å². The summed E-state index contributed by atoms with van der Waals surface area (Å²) in [5, 5.41) is 4.92. The normalized spacial score (nSPS) is 15.7. The van der Waals surface area contributed by atoms with Gasteiger partial charge in [0.25, 0.3) is 0 Å². The van der Waals surface area contributed by atoms with Crippen LogP contribution in [0.25, 0.3) is 66.1 Å². The van der Waals surface area contributed by atoms with Crippen LogP contribution in [0.4, 0.5) is 0 Å². The molecule has 2 aliphatic heterocycles. The average Bonchev–Trinajstić information content (AvgIpc) is 3.51. The van der Waals surface area contributed by atoms with Crippen molar-refractivity contribution in [2.75, 3.05) is 0 Å². The van der Waals surface area contributed by atoms with Gasteiger partial charge in [-0.1, -0.05) is 181 Å². The maximum Gasteiger partial charge on any atom is 0.132 e. The quantitative estimate of drug-likeness (QED) is 0.166. The number of hydrogen-bond donors (Lipinski definition) is 0. The molecule has 9 aromatic carbocycles. The molecule has 0 saturated heterocycles. The molecule has 0 aromatic heterocycles. The van der Waals surface area contributed by atoms with Gasteiger partial charge >= 0.3 is 0 Å². The van der Waals surface area contributed by atoms with Gasteiger partial charge in [-0.3, -0.25) is 0 Å². The van der Waals surface area contributed by atoms with Crippen molar-refractivity contribution in [2.24, 2.45) is 0 Å². The number of hydrogen-bond acceptors (Lipinski definition) is 2. The maximum absolute atomic E-state index is 6.72. The molecule has 0 radical (unpaired) electrons. The van der Waals surface area contributed by atoms with Gasteiger partial charge < -0.3 is 9.47 Å². The summed E-state index contributed by atoms with van der Waals surface area (Å²) in [5.74, 6) is 3.68. The van der Waals surface area contributed by atoms with E-state index in [0.717, 1.165) is 23.0 Å². The van der Waals surface area contributed by atoms with Crippen LogP contribution in [0.5, 0.6) is 23.0 Å². The van der Waals surface area contributed by atoms with Crippen LogP contribution in [0.3, 0.4) is 0 Å². The lowest BCUT2D eigenvalue weighted by Crippen LogP contribution is -2.25. The molecule has 2 heterocycles. The standard InChI is InChI=1S/C59H46O2/c1-57(2)46-27-8-7-18-37(46)42-23-15-26-43(54(42)57)53-38-21-13-19-35(40-24-16-32-51-55(40)58(3,4)47-28-9-11-30-49(47)60-51)44(38)34-45-36(20-14-22-39(45)53)41-25-17-33-52-56(41)59(5,6)48-29-10-12-31-50(48)61-52/h7-34H,1-6H3. The summed E-state index contributed by atoms with van der Waals surface area (Å²) in [6.45, 7) is 14.2. The zero-order valence-corrected chi connectivity index (χ0v) is 35.5. The molecule has 1 aliphatic carbocycles. The Bertz CT molecular complexity index is 3170. The zero-order chi connectivity index (χ0) is 41.4. The summed E-state index contributed by atoms with van der Waals surface area (Å²) in [4.78, 5) is 0. The molecule has 0 saturated carbocycles. The summed E-state index contributed by atoms with van der Waals surface area (Å²) in [7, 11) is 0. The highest BCUT2D eigenvalue weighted by atomic mass is 16.5. The molecule has 294 valence electrons. The van der Waals surface area contributed by atoms with E-state index < -0.39 is 0 Å². The van der Waals surface area contributed by atoms with Gasteiger partial charge in [0.05, 0.1) is 0 Å². The lowest BCUT2D eigenvalue weighted by atomic mass is 9.71. The molecule has 0 unspecified atom stereocenters. The first-order chi connectivity index (χ1) is 29.5. The van der Waals surface area contributed by atoms with Crippen LogP contribution >= 0.6 is 0 Å². The average molecular weight is 787 g/mol. The minimum Gasteiger partial charge on any atom is -0.457 e. The fourth-order valence-electron chi connectivity index (χ4n) is 11.6. The van der Waals surface area contributed by atoms with Gasteiger partial charge in [0.2, 0.25) is 0 Å². The second kappa shape index (κ2) is 12.6. The van der Waals surface area contributed by atoms with E-state index in [1.165, 1.54) is 99.4 Å². The monoisotopic (exact) mass is 786 g/mol. The Hall–Kier alpha value is -6.90. The van der Waals surface area contributed by atoms with E-state index in [9.17, 15) is 0 Å². The molecular formula is C59H46O2. The first-order valence-corrected chi connectivity index (χ1v) is 21.6. The van der Waals surface area contributed by atoms with E-state index in [2.05, 4.69) is 211 Å². The Balaban J connectivity index is 1.20. The molecule has 61 heavy (non-hydrogen) atoms. The molecule has 0 amide bonds. The van der Waals surface area contributed by atoms with E-state index in [1.54, 1.807) is 0 Å². The lowest BCUT2D eigenvalue weighted by Gasteiger charge is -2.36. The summed E-state index contributed by atoms with van der Waals surface area (Å²) >= 11 is 0. The molecule has 3 aliphatic rings. The van der Waals surface area contributed by atoms with Crippen molar-refractivity contribution in [3.8, 4) is 67.5 Å². The first kappa shape index (κ1) is 36.0. The molecule has 2 nitrogen and oxygen atoms in total. The molecule has 2 heteroatoms. The highest BCUT2D eigenvalue weighted by Crippen LogP contribution is 2.57. The van der Waals surface area contributed by atoms with Gasteiger partial charge in [-0.05, 0) is 108 Å². The third-order valence-corrected chi connectivity index (χ3v) is 14.3. The van der Waals surface area contributed by atoms with E-state index in [0.29, 0.717) is 0 Å². The fraction of sp³-hybridized carbons (Fsp3) is 0.153. The van der Waals surface area contributed by atoms with Crippen molar-refractivity contribution in [2.45, 2.75) is 57.8 Å². The third-order valence-electron chi connectivity index (χ3n) is 14.3. The number of benzene rings is 9. The molecule has 12 rings (SSSR count). The van der Waals surface area contributed by atoms with Gasteiger partial charge in [-0.25, -0.2) is 0 Å². The number of ether oxygens (including phenoxy) is 2. The van der Waals surface area contributed by atoms with Crippen molar-refractivity contribution in [1.29, 1.82) is 0 Å².